The van der Waals surface area contributed by atoms with Crippen LogP contribution in [0.3, 0.4) is 0 Å². The van der Waals surface area contributed by atoms with Gasteiger partial charge >= 0.3 is 0 Å². The summed E-state index contributed by atoms with van der Waals surface area (Å²) in [6.45, 7) is 0. The smallest absolute Gasteiger partial charge is 0.0867 e. The van der Waals surface area contributed by atoms with Crippen molar-refractivity contribution < 1.29 is 0 Å². The molecule has 0 radical (unpaired) electrons. The predicted molar refractivity (Wildman–Crippen MR) is 31.7 cm³/mol. The van der Waals surface area contributed by atoms with E-state index in [1.807, 2.05) is 17.6 Å². The first kappa shape index (κ1) is 3.88. The molecule has 1 aliphatic heterocycles. The SMILES string of the molecule is C=S1[C-]=CC=C1. The third kappa shape index (κ3) is 0.601. The van der Waals surface area contributed by atoms with Gasteiger partial charge in [-0.15, -0.1) is 5.41 Å². The Balaban J connectivity index is 2.86. The van der Waals surface area contributed by atoms with Crippen LogP contribution in [0.5, 0.6) is 0 Å². The third-order valence-electron chi connectivity index (χ3n) is 0.558. The lowest BCUT2D eigenvalue weighted by atomic mass is 10.6. The van der Waals surface area contributed by atoms with Crippen LogP contribution in [0.2, 0.25) is 0 Å². The van der Waals surface area contributed by atoms with Crippen LogP contribution >= 0.6 is 10.5 Å². The summed E-state index contributed by atoms with van der Waals surface area (Å²) >= 11 is 0. The van der Waals surface area contributed by atoms with E-state index in [2.05, 4.69) is 11.3 Å². The molecule has 0 spiro atoms. The number of hydrogen-bond donors (Lipinski definition) is 0. The highest BCUT2D eigenvalue weighted by Gasteiger charge is 1.65. The second-order valence-corrected chi connectivity index (χ2v) is 2.41. The van der Waals surface area contributed by atoms with Crippen molar-refractivity contribution in [1.82, 2.24) is 0 Å². The van der Waals surface area contributed by atoms with Crippen LogP contribution in [-0.2, 0) is 0 Å². The van der Waals surface area contributed by atoms with Crippen molar-refractivity contribution in [2.75, 3.05) is 0 Å². The highest BCUT2D eigenvalue weighted by molar-refractivity contribution is 8.18. The van der Waals surface area contributed by atoms with Gasteiger partial charge in [0.1, 0.15) is 0 Å². The third-order valence-corrected chi connectivity index (χ3v) is 1.48. The summed E-state index contributed by atoms with van der Waals surface area (Å²) in [5, 5.41) is 5.03. The molecular formula is C5H5S-. The maximum absolute atomic E-state index is 3.74. The first-order valence-electron chi connectivity index (χ1n) is 1.68. The lowest BCUT2D eigenvalue weighted by Gasteiger charge is -1.87. The normalized spacial score (nSPS) is 29.0. The van der Waals surface area contributed by atoms with Crippen molar-refractivity contribution in [3.63, 3.8) is 0 Å². The van der Waals surface area contributed by atoms with Crippen molar-refractivity contribution >= 4 is 16.4 Å². The molecule has 1 aliphatic rings. The molecule has 6 heavy (non-hydrogen) atoms. The molecule has 0 bridgehead atoms. The minimum absolute atomic E-state index is 0.0910. The standard InChI is InChI=1S/C5H5S/c1-6-4-2-3-5-6/h2-4H,1H2/q-1. The molecular weight excluding hydrogens is 92.1 g/mol. The van der Waals surface area contributed by atoms with E-state index in [1.165, 1.54) is 0 Å². The molecule has 0 saturated carbocycles. The maximum atomic E-state index is 3.74. The van der Waals surface area contributed by atoms with Gasteiger partial charge in [0.15, 0.2) is 0 Å². The van der Waals surface area contributed by atoms with E-state index >= 15 is 0 Å². The fourth-order valence-electron chi connectivity index (χ4n) is 0.300. The van der Waals surface area contributed by atoms with E-state index in [0.29, 0.717) is 0 Å². The molecule has 1 rings (SSSR count). The topological polar surface area (TPSA) is 0 Å². The molecule has 0 aromatic carbocycles. The Morgan fingerprint density at radius 2 is 2.50 bits per heavy atom. The highest BCUT2D eigenvalue weighted by Crippen LogP contribution is 2.16. The van der Waals surface area contributed by atoms with Gasteiger partial charge in [-0.3, -0.25) is 10.5 Å². The first-order chi connectivity index (χ1) is 2.89. The lowest BCUT2D eigenvalue weighted by Crippen LogP contribution is -1.37. The monoisotopic (exact) mass is 97.0 g/mol. The van der Waals surface area contributed by atoms with Crippen LogP contribution in [0.25, 0.3) is 0 Å². The van der Waals surface area contributed by atoms with Gasteiger partial charge in [-0.25, -0.2) is 17.6 Å². The zero-order chi connectivity index (χ0) is 4.41. The van der Waals surface area contributed by atoms with Crippen LogP contribution in [0.1, 0.15) is 0 Å². The maximum Gasteiger partial charge on any atom is -0.0867 e. The van der Waals surface area contributed by atoms with Gasteiger partial charge in [-0.1, -0.05) is 5.87 Å². The van der Waals surface area contributed by atoms with Gasteiger partial charge in [-0.2, -0.15) is 0 Å². The molecule has 32 valence electrons. The van der Waals surface area contributed by atoms with Gasteiger partial charge in [0.2, 0.25) is 0 Å². The van der Waals surface area contributed by atoms with Gasteiger partial charge in [0.05, 0.1) is 0 Å². The van der Waals surface area contributed by atoms with Gasteiger partial charge < -0.3 is 0 Å². The average molecular weight is 97.2 g/mol. The van der Waals surface area contributed by atoms with E-state index in [1.54, 1.807) is 0 Å². The summed E-state index contributed by atoms with van der Waals surface area (Å²) in [6, 6.07) is 0. The van der Waals surface area contributed by atoms with Crippen LogP contribution in [0.15, 0.2) is 17.6 Å². The Labute approximate surface area is 40.1 Å². The highest BCUT2D eigenvalue weighted by atomic mass is 32.2. The minimum Gasteiger partial charge on any atom is -0.258 e. The predicted octanol–water partition coefficient (Wildman–Crippen LogP) is 1.53. The molecule has 0 aliphatic carbocycles. The fraction of sp³-hybridized carbons (Fsp3) is 0. The molecule has 1 unspecified atom stereocenters. The molecule has 0 N–H and O–H groups in total. The molecule has 0 saturated heterocycles. The zero-order valence-electron chi connectivity index (χ0n) is 3.35. The molecule has 0 nitrogen and oxygen atoms in total. The Kier molecular flexibility index (Phi) is 0.926. The molecule has 1 heteroatoms. The summed E-state index contributed by atoms with van der Waals surface area (Å²) < 4.78 is 0. The van der Waals surface area contributed by atoms with E-state index < -0.39 is 0 Å². The minimum atomic E-state index is 0.0910. The lowest BCUT2D eigenvalue weighted by molar-refractivity contribution is 2.11. The molecule has 0 amide bonds. The fourth-order valence-corrected chi connectivity index (χ4v) is 0.900. The van der Waals surface area contributed by atoms with Gasteiger partial charge in [-0.05, 0) is 0 Å². The summed E-state index contributed by atoms with van der Waals surface area (Å²) in [5.41, 5.74) is 0. The summed E-state index contributed by atoms with van der Waals surface area (Å²) in [4.78, 5) is 0. The first-order valence-corrected chi connectivity index (χ1v) is 3.14. The van der Waals surface area contributed by atoms with Crippen molar-refractivity contribution in [2.45, 2.75) is 0 Å². The zero-order valence-corrected chi connectivity index (χ0v) is 4.16. The van der Waals surface area contributed by atoms with Crippen LogP contribution in [0, 0.1) is 5.41 Å². The van der Waals surface area contributed by atoms with Crippen LogP contribution in [0.4, 0.5) is 0 Å². The molecule has 0 fully saturated rings. The molecule has 0 aromatic heterocycles. The second kappa shape index (κ2) is 1.43. The summed E-state index contributed by atoms with van der Waals surface area (Å²) in [6.07, 6.45) is 3.87. The summed E-state index contributed by atoms with van der Waals surface area (Å²) in [7, 11) is 0.0910. The van der Waals surface area contributed by atoms with E-state index in [9.17, 15) is 0 Å². The van der Waals surface area contributed by atoms with Crippen molar-refractivity contribution in [3.8, 4) is 0 Å². The Hall–Kier alpha value is -0.300. The van der Waals surface area contributed by atoms with Crippen molar-refractivity contribution in [1.29, 1.82) is 0 Å². The Morgan fingerprint density at radius 3 is 2.67 bits per heavy atom. The van der Waals surface area contributed by atoms with Gasteiger partial charge in [0, 0.05) is 0 Å². The van der Waals surface area contributed by atoms with E-state index in [0.717, 1.165) is 0 Å². The Bertz CT molecular complexity index is 106. The molecule has 1 atom stereocenters. The van der Waals surface area contributed by atoms with Crippen molar-refractivity contribution in [3.05, 3.63) is 23.0 Å². The van der Waals surface area contributed by atoms with Gasteiger partial charge in [0.25, 0.3) is 0 Å². The van der Waals surface area contributed by atoms with E-state index in [4.69, 9.17) is 0 Å². The largest absolute Gasteiger partial charge is 0.258 e. The average Bonchev–Trinajstić information content (AvgIpc) is 1.86. The summed E-state index contributed by atoms with van der Waals surface area (Å²) in [5.74, 6) is 3.74. The van der Waals surface area contributed by atoms with Crippen LogP contribution in [-0.4, -0.2) is 5.87 Å². The number of rotatable bonds is 0. The quantitative estimate of drug-likeness (QED) is 0.317. The second-order valence-electron chi connectivity index (χ2n) is 1.04. The van der Waals surface area contributed by atoms with E-state index in [-0.39, 0.29) is 10.5 Å². The Morgan fingerprint density at radius 1 is 1.67 bits per heavy atom. The molecule has 1 heterocycles. The number of hydrogen-bond acceptors (Lipinski definition) is 0. The number of allylic oxidation sites excluding steroid dienone is 2. The van der Waals surface area contributed by atoms with Crippen LogP contribution < -0.4 is 0 Å². The van der Waals surface area contributed by atoms with Crippen molar-refractivity contribution in [2.24, 2.45) is 0 Å². The molecule has 0 aromatic rings.